The Morgan fingerprint density at radius 3 is 2.69 bits per heavy atom. The van der Waals surface area contributed by atoms with Gasteiger partial charge in [0.25, 0.3) is 0 Å². The molecule has 8 heteroatoms. The van der Waals surface area contributed by atoms with Crippen molar-refractivity contribution >= 4 is 41.5 Å². The van der Waals surface area contributed by atoms with Gasteiger partial charge < -0.3 is 15.2 Å². The van der Waals surface area contributed by atoms with E-state index in [9.17, 15) is 4.79 Å². The first kappa shape index (κ1) is 22.4. The van der Waals surface area contributed by atoms with Crippen LogP contribution in [0.3, 0.4) is 0 Å². The molecule has 2 aromatic rings. The maximum absolute atomic E-state index is 11.6. The molecule has 0 atom stereocenters. The van der Waals surface area contributed by atoms with E-state index in [-0.39, 0.29) is 29.5 Å². The van der Waals surface area contributed by atoms with E-state index in [2.05, 4.69) is 20.6 Å². The number of halogens is 2. The second-order valence-electron chi connectivity index (χ2n) is 5.60. The summed E-state index contributed by atoms with van der Waals surface area (Å²) < 4.78 is 1.73. The Bertz CT molecular complexity index is 733. The number of pyridine rings is 2. The highest BCUT2D eigenvalue weighted by atomic mass is 127. The first-order valence-electron chi connectivity index (χ1n) is 8.39. The summed E-state index contributed by atoms with van der Waals surface area (Å²) in [5, 5.41) is 7.06. The number of aryl methyl sites for hydroxylation is 1. The standard InChI is InChI=1S/C18H24ClN5O.HI/c1-20-18(22-11-9-15-7-8-16(19)23-14-15)21-10-3-5-13-24-12-4-2-6-17(24)25;/h2,4,6-8,12,14H,3,5,9-11,13H2,1H3,(H2,20,21,22);1H. The van der Waals surface area contributed by atoms with Crippen LogP contribution in [0.2, 0.25) is 5.15 Å². The molecule has 0 aliphatic rings. The zero-order valence-electron chi connectivity index (χ0n) is 14.8. The summed E-state index contributed by atoms with van der Waals surface area (Å²) in [5.41, 5.74) is 1.17. The molecular formula is C18H25ClIN5O. The molecule has 0 saturated heterocycles. The Hall–Kier alpha value is -1.61. The molecule has 0 aliphatic heterocycles. The first-order chi connectivity index (χ1) is 12.2. The molecule has 0 spiro atoms. The van der Waals surface area contributed by atoms with Crippen LogP contribution in [-0.2, 0) is 13.0 Å². The maximum atomic E-state index is 11.6. The largest absolute Gasteiger partial charge is 0.356 e. The highest BCUT2D eigenvalue weighted by molar-refractivity contribution is 14.0. The maximum Gasteiger partial charge on any atom is 0.250 e. The van der Waals surface area contributed by atoms with Gasteiger partial charge in [0.05, 0.1) is 0 Å². The van der Waals surface area contributed by atoms with Crippen molar-refractivity contribution in [1.82, 2.24) is 20.2 Å². The summed E-state index contributed by atoms with van der Waals surface area (Å²) in [6, 6.07) is 8.98. The number of hydrogen-bond acceptors (Lipinski definition) is 3. The topological polar surface area (TPSA) is 71.3 Å². The Morgan fingerprint density at radius 2 is 2.00 bits per heavy atom. The quantitative estimate of drug-likeness (QED) is 0.197. The first-order valence-corrected chi connectivity index (χ1v) is 8.77. The average Bonchev–Trinajstić information content (AvgIpc) is 2.63. The van der Waals surface area contributed by atoms with Crippen molar-refractivity contribution in [2.24, 2.45) is 4.99 Å². The number of guanidine groups is 1. The van der Waals surface area contributed by atoms with E-state index >= 15 is 0 Å². The molecule has 0 unspecified atom stereocenters. The van der Waals surface area contributed by atoms with E-state index in [0.29, 0.717) is 5.15 Å². The monoisotopic (exact) mass is 489 g/mol. The molecule has 2 N–H and O–H groups in total. The van der Waals surface area contributed by atoms with Gasteiger partial charge in [-0.05, 0) is 37.0 Å². The molecule has 2 aromatic heterocycles. The predicted molar refractivity (Wildman–Crippen MR) is 118 cm³/mol. The zero-order chi connectivity index (χ0) is 17.9. The van der Waals surface area contributed by atoms with E-state index in [4.69, 9.17) is 11.6 Å². The average molecular weight is 490 g/mol. The number of hydrogen-bond donors (Lipinski definition) is 2. The van der Waals surface area contributed by atoms with Crippen molar-refractivity contribution in [3.05, 3.63) is 63.8 Å². The van der Waals surface area contributed by atoms with Gasteiger partial charge in [-0.3, -0.25) is 9.79 Å². The van der Waals surface area contributed by atoms with E-state index in [0.717, 1.165) is 50.4 Å². The second-order valence-corrected chi connectivity index (χ2v) is 5.99. The summed E-state index contributed by atoms with van der Waals surface area (Å²) in [6.45, 7) is 2.31. The fourth-order valence-electron chi connectivity index (χ4n) is 2.36. The van der Waals surface area contributed by atoms with Crippen LogP contribution in [0.25, 0.3) is 0 Å². The second kappa shape index (κ2) is 12.7. The molecule has 0 aliphatic carbocycles. The Labute approximate surface area is 176 Å². The molecule has 0 fully saturated rings. The number of aliphatic imine (C=N–C) groups is 1. The van der Waals surface area contributed by atoms with E-state index < -0.39 is 0 Å². The van der Waals surface area contributed by atoms with Crippen LogP contribution in [0.1, 0.15) is 18.4 Å². The molecule has 0 radical (unpaired) electrons. The van der Waals surface area contributed by atoms with Crippen molar-refractivity contribution < 1.29 is 0 Å². The van der Waals surface area contributed by atoms with Gasteiger partial charge in [0.1, 0.15) is 5.15 Å². The van der Waals surface area contributed by atoms with Crippen LogP contribution >= 0.6 is 35.6 Å². The molecular weight excluding hydrogens is 465 g/mol. The van der Waals surface area contributed by atoms with Gasteiger partial charge >= 0.3 is 0 Å². The molecule has 6 nitrogen and oxygen atoms in total. The summed E-state index contributed by atoms with van der Waals surface area (Å²) in [6.07, 6.45) is 6.35. The number of unbranched alkanes of at least 4 members (excludes halogenated alkanes) is 1. The fraction of sp³-hybridized carbons (Fsp3) is 0.389. The fourth-order valence-corrected chi connectivity index (χ4v) is 2.47. The number of nitrogens with zero attached hydrogens (tertiary/aromatic N) is 3. The highest BCUT2D eigenvalue weighted by Gasteiger charge is 1.99. The van der Waals surface area contributed by atoms with Gasteiger partial charge in [-0.25, -0.2) is 4.98 Å². The molecule has 0 saturated carbocycles. The predicted octanol–water partition coefficient (Wildman–Crippen LogP) is 2.70. The molecule has 0 aromatic carbocycles. The third-order valence-electron chi connectivity index (χ3n) is 3.74. The third-order valence-corrected chi connectivity index (χ3v) is 3.96. The lowest BCUT2D eigenvalue weighted by molar-refractivity contribution is 0.585. The van der Waals surface area contributed by atoms with Gasteiger partial charge in [-0.15, -0.1) is 24.0 Å². The van der Waals surface area contributed by atoms with E-state index in [1.54, 1.807) is 36.0 Å². The van der Waals surface area contributed by atoms with Crippen molar-refractivity contribution in [3.63, 3.8) is 0 Å². The Kier molecular flexibility index (Phi) is 11.0. The van der Waals surface area contributed by atoms with Crippen molar-refractivity contribution in [1.29, 1.82) is 0 Å². The molecule has 0 bridgehead atoms. The minimum atomic E-state index is 0. The minimum absolute atomic E-state index is 0. The molecule has 142 valence electrons. The van der Waals surface area contributed by atoms with Crippen LogP contribution < -0.4 is 16.2 Å². The summed E-state index contributed by atoms with van der Waals surface area (Å²) in [4.78, 5) is 19.9. The van der Waals surface area contributed by atoms with Gasteiger partial charge in [-0.2, -0.15) is 0 Å². The SMILES string of the molecule is CN=C(NCCCCn1ccccc1=O)NCCc1ccc(Cl)nc1.I. The number of aromatic nitrogens is 2. The molecule has 0 amide bonds. The molecule has 26 heavy (non-hydrogen) atoms. The smallest absolute Gasteiger partial charge is 0.250 e. The third kappa shape index (κ3) is 8.18. The normalized spacial score (nSPS) is 10.9. The lowest BCUT2D eigenvalue weighted by atomic mass is 10.2. The van der Waals surface area contributed by atoms with Crippen LogP contribution in [0.5, 0.6) is 0 Å². The summed E-state index contributed by atoms with van der Waals surface area (Å²) in [7, 11) is 1.75. The lowest BCUT2D eigenvalue weighted by Gasteiger charge is -2.12. The number of nitrogens with one attached hydrogen (secondary N) is 2. The van der Waals surface area contributed by atoms with Gasteiger partial charge in [-0.1, -0.05) is 23.7 Å². The highest BCUT2D eigenvalue weighted by Crippen LogP contribution is 2.05. The van der Waals surface area contributed by atoms with Crippen LogP contribution in [0.4, 0.5) is 0 Å². The van der Waals surface area contributed by atoms with E-state index in [1.165, 1.54) is 0 Å². The number of rotatable bonds is 8. The van der Waals surface area contributed by atoms with Crippen LogP contribution in [0.15, 0.2) is 52.5 Å². The van der Waals surface area contributed by atoms with Crippen molar-refractivity contribution in [3.8, 4) is 0 Å². The van der Waals surface area contributed by atoms with Gasteiger partial charge in [0.15, 0.2) is 5.96 Å². The molecule has 2 heterocycles. The van der Waals surface area contributed by atoms with Crippen molar-refractivity contribution in [2.45, 2.75) is 25.8 Å². The lowest BCUT2D eigenvalue weighted by Crippen LogP contribution is -2.38. The van der Waals surface area contributed by atoms with E-state index in [1.807, 2.05) is 18.3 Å². The zero-order valence-corrected chi connectivity index (χ0v) is 17.9. The van der Waals surface area contributed by atoms with Gasteiger partial charge in [0, 0.05) is 45.1 Å². The minimum Gasteiger partial charge on any atom is -0.356 e. The Morgan fingerprint density at radius 1 is 1.19 bits per heavy atom. The summed E-state index contributed by atoms with van der Waals surface area (Å²) in [5.74, 6) is 0.777. The summed E-state index contributed by atoms with van der Waals surface area (Å²) >= 11 is 5.77. The van der Waals surface area contributed by atoms with Crippen molar-refractivity contribution in [2.75, 3.05) is 20.1 Å². The van der Waals surface area contributed by atoms with Gasteiger partial charge in [0.2, 0.25) is 5.56 Å². The van der Waals surface area contributed by atoms with Crippen LogP contribution in [0, 0.1) is 0 Å². The van der Waals surface area contributed by atoms with Crippen LogP contribution in [-0.4, -0.2) is 35.6 Å². The molecule has 2 rings (SSSR count). The Balaban J connectivity index is 0.00000338.